The predicted molar refractivity (Wildman–Crippen MR) is 64.0 cm³/mol. The van der Waals surface area contributed by atoms with Gasteiger partial charge in [-0.05, 0) is 31.0 Å². The summed E-state index contributed by atoms with van der Waals surface area (Å²) < 4.78 is 81.0. The Morgan fingerprint density at radius 2 is 1.59 bits per heavy atom. The zero-order chi connectivity index (χ0) is 16.5. The maximum Gasteiger partial charge on any atom is 0.416 e. The average molecular weight is 327 g/mol. The van der Waals surface area contributed by atoms with Gasteiger partial charge in [0.05, 0.1) is 11.1 Å². The third kappa shape index (κ3) is 3.90. The zero-order valence-corrected chi connectivity index (χ0v) is 11.0. The van der Waals surface area contributed by atoms with Gasteiger partial charge in [-0.15, -0.1) is 0 Å². The molecule has 1 amide bonds. The van der Waals surface area contributed by atoms with Crippen molar-refractivity contribution in [2.75, 3.05) is 11.9 Å². The van der Waals surface area contributed by atoms with Crippen molar-refractivity contribution in [3.63, 3.8) is 0 Å². The number of anilines is 1. The number of rotatable bonds is 2. The standard InChI is InChI=1S/C13H11F6NO2/c14-12(15,16)7-4-8(13(17,18)19)6-9(5-7)20-11(21)10-2-1-3-22-10/h4-6,10H,1-3H2,(H,20,21)/t10-/m0/s1. The number of halogens is 6. The third-order valence-electron chi connectivity index (χ3n) is 3.08. The van der Waals surface area contributed by atoms with Gasteiger partial charge < -0.3 is 10.1 Å². The van der Waals surface area contributed by atoms with Gasteiger partial charge in [0.1, 0.15) is 6.10 Å². The minimum Gasteiger partial charge on any atom is -0.368 e. The van der Waals surface area contributed by atoms with Crippen LogP contribution >= 0.6 is 0 Å². The fourth-order valence-corrected chi connectivity index (χ4v) is 2.03. The molecule has 9 heteroatoms. The van der Waals surface area contributed by atoms with Crippen LogP contribution in [0.4, 0.5) is 32.0 Å². The average Bonchev–Trinajstić information content (AvgIpc) is 2.90. The van der Waals surface area contributed by atoms with Crippen molar-refractivity contribution in [2.24, 2.45) is 0 Å². The van der Waals surface area contributed by atoms with E-state index in [0.717, 1.165) is 0 Å². The molecule has 0 spiro atoms. The molecule has 1 fully saturated rings. The number of nitrogens with one attached hydrogen (secondary N) is 1. The number of hydrogen-bond donors (Lipinski definition) is 1. The summed E-state index contributed by atoms with van der Waals surface area (Å²) in [6.07, 6.45) is -9.79. The normalized spacial score (nSPS) is 19.3. The van der Waals surface area contributed by atoms with Crippen LogP contribution in [0, 0.1) is 0 Å². The van der Waals surface area contributed by atoms with Crippen LogP contribution in [0.15, 0.2) is 18.2 Å². The first-order valence-electron chi connectivity index (χ1n) is 6.29. The molecular formula is C13H11F6NO2. The van der Waals surface area contributed by atoms with Crippen molar-refractivity contribution in [3.8, 4) is 0 Å². The fraction of sp³-hybridized carbons (Fsp3) is 0.462. The van der Waals surface area contributed by atoms with Crippen molar-refractivity contribution in [1.82, 2.24) is 0 Å². The van der Waals surface area contributed by atoms with Crippen LogP contribution in [-0.4, -0.2) is 18.6 Å². The summed E-state index contributed by atoms with van der Waals surface area (Å²) in [5, 5.41) is 2.04. The van der Waals surface area contributed by atoms with Crippen LogP contribution in [0.5, 0.6) is 0 Å². The van der Waals surface area contributed by atoms with Crippen LogP contribution in [-0.2, 0) is 21.9 Å². The largest absolute Gasteiger partial charge is 0.416 e. The molecule has 1 heterocycles. The monoisotopic (exact) mass is 327 g/mol. The Labute approximate surface area is 121 Å². The molecule has 1 saturated heterocycles. The molecule has 1 aromatic rings. The van der Waals surface area contributed by atoms with Crippen molar-refractivity contribution >= 4 is 11.6 Å². The van der Waals surface area contributed by atoms with Crippen molar-refractivity contribution in [1.29, 1.82) is 0 Å². The van der Waals surface area contributed by atoms with Gasteiger partial charge in [-0.25, -0.2) is 0 Å². The van der Waals surface area contributed by atoms with Gasteiger partial charge in [0, 0.05) is 12.3 Å². The first-order valence-corrected chi connectivity index (χ1v) is 6.29. The van der Waals surface area contributed by atoms with E-state index in [1.165, 1.54) is 0 Å². The highest BCUT2D eigenvalue weighted by Gasteiger charge is 2.37. The maximum atomic E-state index is 12.7. The molecule has 0 aromatic heterocycles. The van der Waals surface area contributed by atoms with Crippen molar-refractivity contribution in [3.05, 3.63) is 29.3 Å². The number of amides is 1. The first kappa shape index (κ1) is 16.6. The van der Waals surface area contributed by atoms with Crippen LogP contribution < -0.4 is 5.32 Å². The lowest BCUT2D eigenvalue weighted by molar-refractivity contribution is -0.143. The molecule has 0 radical (unpaired) electrons. The molecular weight excluding hydrogens is 316 g/mol. The van der Waals surface area contributed by atoms with Crippen molar-refractivity contribution < 1.29 is 35.9 Å². The topological polar surface area (TPSA) is 38.3 Å². The molecule has 122 valence electrons. The van der Waals surface area contributed by atoms with E-state index in [2.05, 4.69) is 0 Å². The molecule has 0 bridgehead atoms. The Bertz CT molecular complexity index is 528. The highest BCUT2D eigenvalue weighted by atomic mass is 19.4. The summed E-state index contributed by atoms with van der Waals surface area (Å²) in [7, 11) is 0. The van der Waals surface area contributed by atoms with E-state index >= 15 is 0 Å². The van der Waals surface area contributed by atoms with Gasteiger partial charge in [-0.3, -0.25) is 4.79 Å². The van der Waals surface area contributed by atoms with Crippen molar-refractivity contribution in [2.45, 2.75) is 31.3 Å². The molecule has 1 N–H and O–H groups in total. The highest BCUT2D eigenvalue weighted by Crippen LogP contribution is 2.37. The number of benzene rings is 1. The summed E-state index contributed by atoms with van der Waals surface area (Å²) in [5.41, 5.74) is -3.53. The van der Waals surface area contributed by atoms with Gasteiger partial charge in [-0.1, -0.05) is 0 Å². The number of carbonyl (C=O) groups is 1. The van der Waals surface area contributed by atoms with Crippen LogP contribution in [0.3, 0.4) is 0 Å². The molecule has 2 rings (SSSR count). The van der Waals surface area contributed by atoms with Crippen LogP contribution in [0.2, 0.25) is 0 Å². The molecule has 1 atom stereocenters. The Morgan fingerprint density at radius 3 is 2.00 bits per heavy atom. The van der Waals surface area contributed by atoms with Gasteiger partial charge in [-0.2, -0.15) is 26.3 Å². The Balaban J connectivity index is 2.31. The van der Waals surface area contributed by atoms with E-state index in [9.17, 15) is 31.1 Å². The van der Waals surface area contributed by atoms with Crippen LogP contribution in [0.25, 0.3) is 0 Å². The van der Waals surface area contributed by atoms with E-state index in [-0.39, 0.29) is 6.07 Å². The minimum atomic E-state index is -4.95. The molecule has 0 saturated carbocycles. The molecule has 3 nitrogen and oxygen atoms in total. The second-order valence-corrected chi connectivity index (χ2v) is 4.79. The Hall–Kier alpha value is -1.77. The predicted octanol–water partition coefficient (Wildman–Crippen LogP) is 3.84. The number of hydrogen-bond acceptors (Lipinski definition) is 2. The quantitative estimate of drug-likeness (QED) is 0.838. The third-order valence-corrected chi connectivity index (χ3v) is 3.08. The second-order valence-electron chi connectivity index (χ2n) is 4.79. The lowest BCUT2D eigenvalue weighted by Crippen LogP contribution is -2.27. The number of ether oxygens (including phenoxy) is 1. The molecule has 1 aliphatic heterocycles. The number of carbonyl (C=O) groups excluding carboxylic acids is 1. The fourth-order valence-electron chi connectivity index (χ4n) is 2.03. The van der Waals surface area contributed by atoms with Gasteiger partial charge in [0.25, 0.3) is 5.91 Å². The number of alkyl halides is 6. The lowest BCUT2D eigenvalue weighted by atomic mass is 10.1. The van der Waals surface area contributed by atoms with E-state index in [4.69, 9.17) is 4.74 Å². The first-order chi connectivity index (χ1) is 10.1. The lowest BCUT2D eigenvalue weighted by Gasteiger charge is -2.16. The molecule has 1 aromatic carbocycles. The van der Waals surface area contributed by atoms with E-state index < -0.39 is 41.2 Å². The van der Waals surface area contributed by atoms with Crippen LogP contribution in [0.1, 0.15) is 24.0 Å². The van der Waals surface area contributed by atoms with E-state index in [1.54, 1.807) is 0 Å². The summed E-state index contributed by atoms with van der Waals surface area (Å²) in [5.74, 6) is -0.759. The molecule has 0 unspecified atom stereocenters. The molecule has 22 heavy (non-hydrogen) atoms. The second kappa shape index (κ2) is 5.79. The van der Waals surface area contributed by atoms with Gasteiger partial charge >= 0.3 is 12.4 Å². The molecule has 1 aliphatic rings. The summed E-state index contributed by atoms with van der Waals surface area (Å²) in [6, 6.07) is 0.923. The Kier molecular flexibility index (Phi) is 4.37. The minimum absolute atomic E-state index is 0.00171. The zero-order valence-electron chi connectivity index (χ0n) is 11.0. The van der Waals surface area contributed by atoms with E-state index in [0.29, 0.717) is 31.6 Å². The summed E-state index contributed by atoms with van der Waals surface area (Å²) in [6.45, 7) is 0.328. The van der Waals surface area contributed by atoms with Gasteiger partial charge in [0.2, 0.25) is 0 Å². The summed E-state index contributed by atoms with van der Waals surface area (Å²) >= 11 is 0. The summed E-state index contributed by atoms with van der Waals surface area (Å²) in [4.78, 5) is 11.7. The smallest absolute Gasteiger partial charge is 0.368 e. The highest BCUT2D eigenvalue weighted by molar-refractivity contribution is 5.94. The Morgan fingerprint density at radius 1 is 1.05 bits per heavy atom. The van der Waals surface area contributed by atoms with E-state index in [1.807, 2.05) is 5.32 Å². The molecule has 0 aliphatic carbocycles. The maximum absolute atomic E-state index is 12.7. The SMILES string of the molecule is O=C(Nc1cc(C(F)(F)F)cc(C(F)(F)F)c1)[C@@H]1CCCO1. The van der Waals surface area contributed by atoms with Gasteiger partial charge in [0.15, 0.2) is 0 Å².